The number of rotatable bonds is 0. The molecule has 3 heteroatoms. The van der Waals surface area contributed by atoms with Gasteiger partial charge in [-0.15, -0.1) is 5.92 Å². The van der Waals surface area contributed by atoms with E-state index in [1.807, 2.05) is 0 Å². The van der Waals surface area contributed by atoms with Crippen molar-refractivity contribution in [2.24, 2.45) is 5.92 Å². The standard InChI is InChI=1S/C9H16N.C2H3.Cr.Li/c1-7-4-3-5-10(2)9-6-8(7)9;1-2;;/h8-9H,3-6H2,1-2H3;1H,2H2;;/q2*-1;;+1. The van der Waals surface area contributed by atoms with Crippen LogP contribution in [0.2, 0.25) is 0 Å². The fourth-order valence-electron chi connectivity index (χ4n) is 2.16. The van der Waals surface area contributed by atoms with Gasteiger partial charge in [0.15, 0.2) is 0 Å². The van der Waals surface area contributed by atoms with Crippen LogP contribution in [0.5, 0.6) is 0 Å². The van der Waals surface area contributed by atoms with Crippen molar-refractivity contribution >= 4 is 4.88 Å². The Balaban J connectivity index is 0.000000381. The summed E-state index contributed by atoms with van der Waals surface area (Å²) < 4.78 is 0. The zero-order valence-corrected chi connectivity index (χ0v) is 10.9. The van der Waals surface area contributed by atoms with Crippen LogP contribution in [0.25, 0.3) is 0 Å². The number of hydrogen-bond donors (Lipinski definition) is 0. The minimum atomic E-state index is 0. The van der Waals surface area contributed by atoms with Gasteiger partial charge in [0, 0.05) is 0 Å². The van der Waals surface area contributed by atoms with Crippen LogP contribution in [0.15, 0.2) is 0 Å². The van der Waals surface area contributed by atoms with Crippen molar-refractivity contribution in [3.05, 3.63) is 12.8 Å². The van der Waals surface area contributed by atoms with Crippen LogP contribution in [0.3, 0.4) is 0 Å². The van der Waals surface area contributed by atoms with E-state index >= 15 is 0 Å². The first-order chi connectivity index (χ1) is 6.20. The summed E-state index contributed by atoms with van der Waals surface area (Å²) in [7, 11) is 2.27. The molecule has 2 rings (SSSR count). The molecule has 1 saturated carbocycles. The fraction of sp³-hybridized carbons (Fsp3) is 0.727. The zero-order chi connectivity index (χ0) is 9.84. The summed E-state index contributed by atoms with van der Waals surface area (Å²) in [5.41, 5.74) is 0. The van der Waals surface area contributed by atoms with E-state index in [2.05, 4.69) is 41.6 Å². The van der Waals surface area contributed by atoms with E-state index in [4.69, 9.17) is 0 Å². The molecule has 0 bridgehead atoms. The Hall–Kier alpha value is 0.960. The van der Waals surface area contributed by atoms with Gasteiger partial charge in [-0.1, -0.05) is 12.8 Å². The van der Waals surface area contributed by atoms with Crippen molar-refractivity contribution < 1.29 is 34.7 Å². The van der Waals surface area contributed by atoms with E-state index in [0.29, 0.717) is 0 Å². The van der Waals surface area contributed by atoms with E-state index < -0.39 is 0 Å². The molecular formula is C11H19CrLiN-. The molecule has 2 fully saturated rings. The fourth-order valence-corrected chi connectivity index (χ4v) is 2.16. The number of likely N-dealkylation sites (tertiary alicyclic amines) is 1. The minimum absolute atomic E-state index is 0. The Bertz CT molecular complexity index is 161. The van der Waals surface area contributed by atoms with Crippen LogP contribution in [0, 0.1) is 18.8 Å². The monoisotopic (exact) mass is 224 g/mol. The number of nitrogens with zero attached hydrogens (tertiary/aromatic N) is 1. The second kappa shape index (κ2) is 7.27. The second-order valence-electron chi connectivity index (χ2n) is 4.01. The van der Waals surface area contributed by atoms with Crippen molar-refractivity contribution in [2.45, 2.75) is 32.2 Å². The summed E-state index contributed by atoms with van der Waals surface area (Å²) in [6, 6.07) is 0.933. The largest absolute Gasteiger partial charge is 1.00 e. The van der Waals surface area contributed by atoms with E-state index in [0.717, 1.165) is 12.0 Å². The normalized spacial score (nSPS) is 31.4. The van der Waals surface area contributed by atoms with Crippen LogP contribution in [0.4, 0.5) is 0 Å². The van der Waals surface area contributed by atoms with Gasteiger partial charge < -0.3 is 10.8 Å². The summed E-state index contributed by atoms with van der Waals surface area (Å²) in [6.07, 6.45) is 4.21. The van der Waals surface area contributed by atoms with Gasteiger partial charge in [-0.3, -0.25) is 0 Å². The molecule has 2 atom stereocenters. The van der Waals surface area contributed by atoms with E-state index in [-0.39, 0.29) is 18.9 Å². The second-order valence-corrected chi connectivity index (χ2v) is 4.53. The molecule has 2 unspecified atom stereocenters. The molecule has 0 aromatic rings. The average Bonchev–Trinajstić information content (AvgIpc) is 2.82. The van der Waals surface area contributed by atoms with Gasteiger partial charge in [-0.25, -0.2) is 0 Å². The first-order valence-corrected chi connectivity index (χ1v) is 5.69. The van der Waals surface area contributed by atoms with Crippen LogP contribution >= 0.6 is 0 Å². The maximum absolute atomic E-state index is 3.31. The van der Waals surface area contributed by atoms with Gasteiger partial charge in [0.25, 0.3) is 0 Å². The molecule has 1 heterocycles. The summed E-state index contributed by atoms with van der Waals surface area (Å²) >= 11 is 2.57. The smallest absolute Gasteiger partial charge is 1.00 e. The molecule has 2 aliphatic rings. The zero-order valence-electron chi connectivity index (χ0n) is 9.62. The van der Waals surface area contributed by atoms with Crippen LogP contribution in [-0.2, 0) is 15.9 Å². The molecule has 1 saturated heterocycles. The predicted octanol–water partition coefficient (Wildman–Crippen LogP) is -1.13. The van der Waals surface area contributed by atoms with Gasteiger partial charge in [0.05, 0.1) is 0 Å². The molecule has 1 nitrogen and oxygen atoms in total. The van der Waals surface area contributed by atoms with Gasteiger partial charge in [-0.05, 0) is 19.6 Å². The van der Waals surface area contributed by atoms with E-state index in [9.17, 15) is 0 Å². The summed E-state index contributed by atoms with van der Waals surface area (Å²) in [6.45, 7) is 6.96. The summed E-state index contributed by atoms with van der Waals surface area (Å²) in [5, 5.41) is 0. The molecule has 0 amide bonds. The SMILES string of the molecule is C[C-]1CCCN(C)C2CC12.[CH2-][CH]=[Cr].[Li+]. The van der Waals surface area contributed by atoms with Gasteiger partial charge in [0.1, 0.15) is 0 Å². The Labute approximate surface area is 109 Å². The Morgan fingerprint density at radius 3 is 2.71 bits per heavy atom. The molecule has 0 aromatic heterocycles. The van der Waals surface area contributed by atoms with Crippen molar-refractivity contribution in [3.63, 3.8) is 0 Å². The first-order valence-electron chi connectivity index (χ1n) is 4.96. The third-order valence-corrected chi connectivity index (χ3v) is 3.04. The quantitative estimate of drug-likeness (QED) is 0.372. The molecule has 1 aliphatic heterocycles. The van der Waals surface area contributed by atoms with Crippen molar-refractivity contribution in [2.75, 3.05) is 13.6 Å². The van der Waals surface area contributed by atoms with Gasteiger partial charge in [-0.2, -0.15) is 13.3 Å². The Morgan fingerprint density at radius 1 is 1.57 bits per heavy atom. The third kappa shape index (κ3) is 4.22. The Kier molecular flexibility index (Phi) is 7.77. The molecule has 0 spiro atoms. The Morgan fingerprint density at radius 2 is 2.14 bits per heavy atom. The van der Waals surface area contributed by atoms with Gasteiger partial charge in [0.2, 0.25) is 0 Å². The molecule has 1 aliphatic carbocycles. The van der Waals surface area contributed by atoms with Crippen molar-refractivity contribution in [1.82, 2.24) is 4.90 Å². The maximum atomic E-state index is 3.31. The van der Waals surface area contributed by atoms with E-state index in [1.165, 1.54) is 25.8 Å². The molecule has 0 radical (unpaired) electrons. The molecular weight excluding hydrogens is 205 g/mol. The van der Waals surface area contributed by atoms with E-state index in [1.54, 1.807) is 10.8 Å². The number of hydrogen-bond acceptors (Lipinski definition) is 1. The number of fused-ring (bicyclic) bond motifs is 1. The molecule has 0 aromatic carbocycles. The van der Waals surface area contributed by atoms with Crippen molar-refractivity contribution in [1.29, 1.82) is 0 Å². The molecule has 76 valence electrons. The van der Waals surface area contributed by atoms with Crippen LogP contribution in [0.1, 0.15) is 26.2 Å². The summed E-state index contributed by atoms with van der Waals surface area (Å²) in [5.74, 6) is 2.74. The van der Waals surface area contributed by atoms with Crippen LogP contribution < -0.4 is 18.9 Å². The maximum Gasteiger partial charge on any atom is 1.00 e. The molecule has 14 heavy (non-hydrogen) atoms. The third-order valence-electron chi connectivity index (χ3n) is 3.04. The predicted molar refractivity (Wildman–Crippen MR) is 54.1 cm³/mol. The van der Waals surface area contributed by atoms with Crippen molar-refractivity contribution in [3.8, 4) is 0 Å². The topological polar surface area (TPSA) is 3.24 Å². The molecule has 0 N–H and O–H groups in total. The average molecular weight is 224 g/mol. The minimum Gasteiger partial charge on any atom is 1.00 e. The first kappa shape index (κ1) is 15.0. The van der Waals surface area contributed by atoms with Gasteiger partial charge >= 0.3 is 46.5 Å². The summed E-state index contributed by atoms with van der Waals surface area (Å²) in [4.78, 5) is 4.15. The van der Waals surface area contributed by atoms with Crippen LogP contribution in [-0.4, -0.2) is 29.4 Å².